The lowest BCUT2D eigenvalue weighted by Gasteiger charge is -2.38. The number of hydrazone groups is 1. The number of fused-ring (bicyclic) bond motifs is 3. The maximum absolute atomic E-state index is 6.42. The van der Waals surface area contributed by atoms with E-state index in [1.807, 2.05) is 30.3 Å². The van der Waals surface area contributed by atoms with E-state index in [1.165, 1.54) is 11.1 Å². The molecule has 146 valence electrons. The highest BCUT2D eigenvalue weighted by molar-refractivity contribution is 9.10. The average Bonchev–Trinajstić information content (AvgIpc) is 3.19. The SMILES string of the molecule is COc1ccc([C@@H]2Oc3ccccc3[C@H]3CC(c4ccc(C)cc4)=NN32)cc1Br. The summed E-state index contributed by atoms with van der Waals surface area (Å²) in [5, 5.41) is 7.12. The summed E-state index contributed by atoms with van der Waals surface area (Å²) in [5.41, 5.74) is 5.72. The van der Waals surface area contributed by atoms with Crippen molar-refractivity contribution in [1.29, 1.82) is 0 Å². The number of hydrogen-bond acceptors (Lipinski definition) is 4. The molecule has 0 radical (unpaired) electrons. The van der Waals surface area contributed by atoms with E-state index in [0.29, 0.717) is 0 Å². The molecule has 0 spiro atoms. The molecule has 2 aliphatic rings. The maximum Gasteiger partial charge on any atom is 0.213 e. The van der Waals surface area contributed by atoms with Crippen molar-refractivity contribution in [1.82, 2.24) is 5.01 Å². The molecule has 3 aromatic carbocycles. The Bertz CT molecular complexity index is 1090. The molecule has 0 aromatic heterocycles. The monoisotopic (exact) mass is 448 g/mol. The van der Waals surface area contributed by atoms with Crippen molar-refractivity contribution in [2.45, 2.75) is 25.6 Å². The minimum atomic E-state index is -0.292. The highest BCUT2D eigenvalue weighted by Gasteiger charge is 2.40. The minimum Gasteiger partial charge on any atom is -0.496 e. The summed E-state index contributed by atoms with van der Waals surface area (Å²) in [7, 11) is 1.67. The Balaban J connectivity index is 1.58. The van der Waals surface area contributed by atoms with Crippen molar-refractivity contribution in [3.05, 3.63) is 93.5 Å². The van der Waals surface area contributed by atoms with Crippen LogP contribution in [0.3, 0.4) is 0 Å². The van der Waals surface area contributed by atoms with Gasteiger partial charge in [-0.05, 0) is 52.7 Å². The molecular weight excluding hydrogens is 428 g/mol. The summed E-state index contributed by atoms with van der Waals surface area (Å²) in [6.07, 6.45) is 0.567. The third-order valence-electron chi connectivity index (χ3n) is 5.54. The molecule has 5 rings (SSSR count). The predicted molar refractivity (Wildman–Crippen MR) is 117 cm³/mol. The number of aryl methyl sites for hydroxylation is 1. The van der Waals surface area contributed by atoms with Crippen molar-refractivity contribution >= 4 is 21.6 Å². The Labute approximate surface area is 178 Å². The molecule has 5 heteroatoms. The Morgan fingerprint density at radius 2 is 1.86 bits per heavy atom. The van der Waals surface area contributed by atoms with Gasteiger partial charge in [-0.3, -0.25) is 0 Å². The van der Waals surface area contributed by atoms with Gasteiger partial charge in [0.2, 0.25) is 6.23 Å². The molecular formula is C24H21BrN2O2. The molecule has 0 aliphatic carbocycles. The van der Waals surface area contributed by atoms with E-state index in [1.54, 1.807) is 7.11 Å². The number of nitrogens with zero attached hydrogens (tertiary/aromatic N) is 2. The summed E-state index contributed by atoms with van der Waals surface area (Å²) < 4.78 is 12.7. The molecule has 4 nitrogen and oxygen atoms in total. The first-order chi connectivity index (χ1) is 14.1. The number of halogens is 1. The largest absolute Gasteiger partial charge is 0.496 e. The topological polar surface area (TPSA) is 34.1 Å². The molecule has 0 bridgehead atoms. The van der Waals surface area contributed by atoms with E-state index in [2.05, 4.69) is 64.3 Å². The second-order valence-electron chi connectivity index (χ2n) is 7.41. The highest BCUT2D eigenvalue weighted by Crippen LogP contribution is 2.48. The fraction of sp³-hybridized carbons (Fsp3) is 0.208. The Kier molecular flexibility index (Phi) is 4.55. The predicted octanol–water partition coefficient (Wildman–Crippen LogP) is 6.01. The summed E-state index contributed by atoms with van der Waals surface area (Å²) >= 11 is 3.60. The van der Waals surface area contributed by atoms with Gasteiger partial charge < -0.3 is 9.47 Å². The summed E-state index contributed by atoms with van der Waals surface area (Å²) in [6, 6.07) is 23.0. The van der Waals surface area contributed by atoms with Crippen LogP contribution in [0.5, 0.6) is 11.5 Å². The standard InChI is InChI=1S/C24H21BrN2O2/c1-15-7-9-16(10-8-15)20-14-21-18-5-3-4-6-22(18)29-24(27(21)26-20)17-11-12-23(28-2)19(25)13-17/h3-13,21,24H,14H2,1-2H3/t21-,24+/m1/s1. The van der Waals surface area contributed by atoms with Gasteiger partial charge in [-0.2, -0.15) is 5.10 Å². The van der Waals surface area contributed by atoms with Crippen LogP contribution < -0.4 is 9.47 Å². The first kappa shape index (κ1) is 18.3. The molecule has 0 unspecified atom stereocenters. The van der Waals surface area contributed by atoms with Crippen LogP contribution in [0, 0.1) is 6.92 Å². The fourth-order valence-electron chi connectivity index (χ4n) is 4.01. The number of hydrogen-bond donors (Lipinski definition) is 0. The van der Waals surface area contributed by atoms with Crippen molar-refractivity contribution in [3.63, 3.8) is 0 Å². The quantitative estimate of drug-likeness (QED) is 0.491. The Morgan fingerprint density at radius 1 is 1.07 bits per heavy atom. The van der Waals surface area contributed by atoms with Crippen LogP contribution in [-0.2, 0) is 0 Å². The minimum absolute atomic E-state index is 0.155. The Hall–Kier alpha value is -2.79. The lowest BCUT2D eigenvalue weighted by atomic mass is 9.95. The van der Waals surface area contributed by atoms with Crippen LogP contribution in [-0.4, -0.2) is 17.8 Å². The van der Waals surface area contributed by atoms with Gasteiger partial charge in [-0.15, -0.1) is 0 Å². The van der Waals surface area contributed by atoms with Crippen LogP contribution in [0.25, 0.3) is 0 Å². The zero-order valence-electron chi connectivity index (χ0n) is 16.3. The van der Waals surface area contributed by atoms with Crippen LogP contribution in [0.15, 0.2) is 76.3 Å². The molecule has 29 heavy (non-hydrogen) atoms. The van der Waals surface area contributed by atoms with E-state index in [0.717, 1.165) is 39.2 Å². The lowest BCUT2D eigenvalue weighted by molar-refractivity contribution is -0.0190. The first-order valence-electron chi connectivity index (χ1n) is 9.66. The zero-order chi connectivity index (χ0) is 20.0. The number of ether oxygens (including phenoxy) is 2. The van der Waals surface area contributed by atoms with Gasteiger partial charge in [0.05, 0.1) is 23.3 Å². The van der Waals surface area contributed by atoms with Gasteiger partial charge in [0.25, 0.3) is 0 Å². The van der Waals surface area contributed by atoms with E-state index >= 15 is 0 Å². The number of para-hydroxylation sites is 1. The summed E-state index contributed by atoms with van der Waals surface area (Å²) in [6.45, 7) is 2.10. The molecule has 0 saturated heterocycles. The van der Waals surface area contributed by atoms with Gasteiger partial charge in [-0.1, -0.05) is 48.0 Å². The van der Waals surface area contributed by atoms with Crippen molar-refractivity contribution < 1.29 is 9.47 Å². The van der Waals surface area contributed by atoms with E-state index in [4.69, 9.17) is 14.6 Å². The van der Waals surface area contributed by atoms with Gasteiger partial charge >= 0.3 is 0 Å². The molecule has 2 aliphatic heterocycles. The van der Waals surface area contributed by atoms with Crippen LogP contribution in [0.2, 0.25) is 0 Å². The van der Waals surface area contributed by atoms with Crippen molar-refractivity contribution in [3.8, 4) is 11.5 Å². The number of rotatable bonds is 3. The number of benzene rings is 3. The first-order valence-corrected chi connectivity index (χ1v) is 10.5. The summed E-state index contributed by atoms with van der Waals surface area (Å²) in [4.78, 5) is 0. The fourth-order valence-corrected chi connectivity index (χ4v) is 4.57. The lowest BCUT2D eigenvalue weighted by Crippen LogP contribution is -2.33. The molecule has 0 amide bonds. The molecule has 2 atom stereocenters. The Morgan fingerprint density at radius 3 is 2.62 bits per heavy atom. The second kappa shape index (κ2) is 7.23. The zero-order valence-corrected chi connectivity index (χ0v) is 17.9. The van der Waals surface area contributed by atoms with Gasteiger partial charge in [0, 0.05) is 17.5 Å². The maximum atomic E-state index is 6.42. The molecule has 2 heterocycles. The molecule has 0 saturated carbocycles. The van der Waals surface area contributed by atoms with E-state index in [-0.39, 0.29) is 12.3 Å². The smallest absolute Gasteiger partial charge is 0.213 e. The van der Waals surface area contributed by atoms with Crippen LogP contribution in [0.1, 0.15) is 40.9 Å². The van der Waals surface area contributed by atoms with Gasteiger partial charge in [-0.25, -0.2) is 5.01 Å². The molecule has 3 aromatic rings. The number of methoxy groups -OCH3 is 1. The van der Waals surface area contributed by atoms with Gasteiger partial charge in [0.15, 0.2) is 0 Å². The van der Waals surface area contributed by atoms with E-state index in [9.17, 15) is 0 Å². The molecule has 0 fully saturated rings. The van der Waals surface area contributed by atoms with Crippen LogP contribution in [0.4, 0.5) is 0 Å². The van der Waals surface area contributed by atoms with Gasteiger partial charge in [0.1, 0.15) is 11.5 Å². The second-order valence-corrected chi connectivity index (χ2v) is 8.27. The summed E-state index contributed by atoms with van der Waals surface area (Å²) in [5.74, 6) is 1.72. The normalized spacial score (nSPS) is 19.8. The van der Waals surface area contributed by atoms with Crippen molar-refractivity contribution in [2.24, 2.45) is 5.10 Å². The van der Waals surface area contributed by atoms with E-state index < -0.39 is 0 Å². The third kappa shape index (κ3) is 3.19. The molecule has 0 N–H and O–H groups in total. The van der Waals surface area contributed by atoms with Crippen molar-refractivity contribution in [2.75, 3.05) is 7.11 Å². The highest BCUT2D eigenvalue weighted by atomic mass is 79.9. The average molecular weight is 449 g/mol. The van der Waals surface area contributed by atoms with Crippen LogP contribution >= 0.6 is 15.9 Å². The third-order valence-corrected chi connectivity index (χ3v) is 6.16.